The molecule has 0 saturated carbocycles. The van der Waals surface area contributed by atoms with Crippen LogP contribution in [0.5, 0.6) is 23.0 Å². The molecule has 0 radical (unpaired) electrons. The molecule has 0 spiro atoms. The molecule has 2 unspecified atom stereocenters. The summed E-state index contributed by atoms with van der Waals surface area (Å²) in [7, 11) is 0. The van der Waals surface area contributed by atoms with Crippen molar-refractivity contribution in [2.75, 3.05) is 26.4 Å². The summed E-state index contributed by atoms with van der Waals surface area (Å²) in [6.45, 7) is 2.74. The summed E-state index contributed by atoms with van der Waals surface area (Å²) >= 11 is 0. The van der Waals surface area contributed by atoms with Crippen molar-refractivity contribution >= 4 is 0 Å². The van der Waals surface area contributed by atoms with E-state index in [-0.39, 0.29) is 26.4 Å². The van der Waals surface area contributed by atoms with E-state index in [2.05, 4.69) is 43.3 Å². The lowest BCUT2D eigenvalue weighted by atomic mass is 9.71. The lowest BCUT2D eigenvalue weighted by Gasteiger charge is -2.32. The van der Waals surface area contributed by atoms with E-state index in [0.717, 1.165) is 16.7 Å². The molecule has 5 aromatic rings. The number of ether oxygens (including phenoxy) is 4. The first-order chi connectivity index (χ1) is 21.5. The Morgan fingerprint density at radius 1 is 0.409 bits per heavy atom. The zero-order valence-electron chi connectivity index (χ0n) is 24.8. The average Bonchev–Trinajstić information content (AvgIpc) is 3.09. The Morgan fingerprint density at radius 3 is 1.02 bits per heavy atom. The van der Waals surface area contributed by atoms with E-state index < -0.39 is 17.6 Å². The molecule has 0 bridgehead atoms. The van der Waals surface area contributed by atoms with Gasteiger partial charge in [-0.05, 0) is 72.1 Å². The molecule has 5 aromatic carbocycles. The van der Waals surface area contributed by atoms with E-state index in [1.54, 1.807) is 0 Å². The molecule has 2 atom stereocenters. The molecule has 0 saturated heterocycles. The minimum atomic E-state index is -0.761. The molecule has 0 fully saturated rings. The number of hydrogen-bond donors (Lipinski definition) is 2. The van der Waals surface area contributed by atoms with Gasteiger partial charge in [0.15, 0.2) is 0 Å². The molecule has 2 N–H and O–H groups in total. The Balaban J connectivity index is 1.22. The molecule has 0 aliphatic carbocycles. The normalized spacial score (nSPS) is 13.7. The van der Waals surface area contributed by atoms with Gasteiger partial charge in [-0.15, -0.1) is 0 Å². The number of aliphatic hydroxyl groups excluding tert-OH is 2. The highest BCUT2D eigenvalue weighted by Gasteiger charge is 2.31. The Bertz CT molecular complexity index is 1430. The molecule has 0 amide bonds. The smallest absolute Gasteiger partial charge is 0.122 e. The van der Waals surface area contributed by atoms with Crippen molar-refractivity contribution in [1.29, 1.82) is 0 Å². The first-order valence-corrected chi connectivity index (χ1v) is 14.7. The number of hydrogen-bond acceptors (Lipinski definition) is 6. The fourth-order valence-corrected chi connectivity index (χ4v) is 4.94. The van der Waals surface area contributed by atoms with E-state index in [0.29, 0.717) is 23.0 Å². The zero-order chi connectivity index (χ0) is 30.6. The highest BCUT2D eigenvalue weighted by atomic mass is 16.5. The third-order valence-electron chi connectivity index (χ3n) is 7.47. The summed E-state index contributed by atoms with van der Waals surface area (Å²) in [4.78, 5) is 0. The fraction of sp³-hybridized carbons (Fsp3) is 0.211. The van der Waals surface area contributed by atoms with Crippen LogP contribution in [0.15, 0.2) is 140 Å². The van der Waals surface area contributed by atoms with Gasteiger partial charge in [0.25, 0.3) is 0 Å². The monoisotopic (exact) mass is 590 g/mol. The van der Waals surface area contributed by atoms with E-state index in [4.69, 9.17) is 18.9 Å². The van der Waals surface area contributed by atoms with Crippen LogP contribution in [0.1, 0.15) is 23.6 Å². The van der Waals surface area contributed by atoms with Gasteiger partial charge in [-0.25, -0.2) is 0 Å². The molecule has 0 aliphatic rings. The van der Waals surface area contributed by atoms with Gasteiger partial charge in [0.2, 0.25) is 0 Å². The molecule has 44 heavy (non-hydrogen) atoms. The van der Waals surface area contributed by atoms with Gasteiger partial charge in [0.1, 0.15) is 61.6 Å². The van der Waals surface area contributed by atoms with Crippen molar-refractivity contribution < 1.29 is 29.2 Å². The quantitative estimate of drug-likeness (QED) is 0.133. The minimum Gasteiger partial charge on any atom is -0.491 e. The standard InChI is InChI=1S/C38H38O6/c1-38(29-11-5-2-6-12-29,30-17-21-36(22-18-30)43-27-32(39)25-41-34-13-7-3-8-14-34)31-19-23-37(24-20-31)44-28-33(40)26-42-35-15-9-4-10-16-35/h2-24,32-33,39-40H,25-28H2,1H3. The lowest BCUT2D eigenvalue weighted by molar-refractivity contribution is 0.0626. The maximum Gasteiger partial charge on any atom is 0.122 e. The minimum absolute atomic E-state index is 0.122. The van der Waals surface area contributed by atoms with E-state index in [1.807, 2.05) is 103 Å². The second kappa shape index (κ2) is 15.1. The SMILES string of the molecule is CC(c1ccccc1)(c1ccc(OCC(O)COc2ccccc2)cc1)c1ccc(OCC(O)COc2ccccc2)cc1. The predicted molar refractivity (Wildman–Crippen MR) is 172 cm³/mol. The summed E-state index contributed by atoms with van der Waals surface area (Å²) in [6.07, 6.45) is -1.52. The van der Waals surface area contributed by atoms with Crippen molar-refractivity contribution in [3.8, 4) is 23.0 Å². The van der Waals surface area contributed by atoms with E-state index >= 15 is 0 Å². The van der Waals surface area contributed by atoms with Crippen LogP contribution in [-0.2, 0) is 5.41 Å². The van der Waals surface area contributed by atoms with Crippen LogP contribution in [-0.4, -0.2) is 48.8 Å². The summed E-state index contributed by atoms with van der Waals surface area (Å²) < 4.78 is 23.0. The first-order valence-electron chi connectivity index (χ1n) is 14.7. The number of para-hydroxylation sites is 2. The van der Waals surface area contributed by atoms with Gasteiger partial charge in [0.05, 0.1) is 0 Å². The van der Waals surface area contributed by atoms with Gasteiger partial charge in [0, 0.05) is 5.41 Å². The van der Waals surface area contributed by atoms with Gasteiger partial charge in [-0.1, -0.05) is 91.0 Å². The lowest BCUT2D eigenvalue weighted by Crippen LogP contribution is -2.26. The highest BCUT2D eigenvalue weighted by molar-refractivity contribution is 5.51. The number of aliphatic hydroxyl groups is 2. The van der Waals surface area contributed by atoms with Crippen LogP contribution in [0.4, 0.5) is 0 Å². The second-order valence-electron chi connectivity index (χ2n) is 10.7. The van der Waals surface area contributed by atoms with Crippen molar-refractivity contribution in [3.05, 3.63) is 156 Å². The first kappa shape index (κ1) is 30.7. The average molecular weight is 591 g/mol. The van der Waals surface area contributed by atoms with Gasteiger partial charge in [-0.3, -0.25) is 0 Å². The molecular weight excluding hydrogens is 552 g/mol. The second-order valence-corrected chi connectivity index (χ2v) is 10.7. The maximum atomic E-state index is 10.3. The number of benzene rings is 5. The third-order valence-corrected chi connectivity index (χ3v) is 7.47. The van der Waals surface area contributed by atoms with Gasteiger partial charge < -0.3 is 29.2 Å². The Labute approximate surface area is 259 Å². The molecule has 226 valence electrons. The predicted octanol–water partition coefficient (Wildman–Crippen LogP) is 6.68. The van der Waals surface area contributed by atoms with Crippen LogP contribution >= 0.6 is 0 Å². The van der Waals surface area contributed by atoms with Crippen LogP contribution < -0.4 is 18.9 Å². The summed E-state index contributed by atoms with van der Waals surface area (Å²) in [5.74, 6) is 2.76. The van der Waals surface area contributed by atoms with Gasteiger partial charge in [-0.2, -0.15) is 0 Å². The van der Waals surface area contributed by atoms with Crippen molar-refractivity contribution in [2.24, 2.45) is 0 Å². The third kappa shape index (κ3) is 8.19. The van der Waals surface area contributed by atoms with Crippen LogP contribution in [0.2, 0.25) is 0 Å². The summed E-state index contributed by atoms with van der Waals surface area (Å²) in [6, 6.07) is 45.1. The summed E-state index contributed by atoms with van der Waals surface area (Å²) in [5.41, 5.74) is 2.87. The largest absolute Gasteiger partial charge is 0.491 e. The fourth-order valence-electron chi connectivity index (χ4n) is 4.94. The molecule has 5 rings (SSSR count). The molecule has 6 nitrogen and oxygen atoms in total. The molecule has 0 aromatic heterocycles. The van der Waals surface area contributed by atoms with E-state index in [9.17, 15) is 10.2 Å². The Hall–Kier alpha value is -4.78. The number of rotatable bonds is 15. The molecular formula is C38H38O6. The highest BCUT2D eigenvalue weighted by Crippen LogP contribution is 2.40. The zero-order valence-corrected chi connectivity index (χ0v) is 24.8. The van der Waals surface area contributed by atoms with Crippen molar-refractivity contribution in [3.63, 3.8) is 0 Å². The Kier molecular flexibility index (Phi) is 10.5. The van der Waals surface area contributed by atoms with Crippen LogP contribution in [0.25, 0.3) is 0 Å². The summed E-state index contributed by atoms with van der Waals surface area (Å²) in [5, 5.41) is 20.7. The van der Waals surface area contributed by atoms with Crippen molar-refractivity contribution in [2.45, 2.75) is 24.5 Å². The van der Waals surface area contributed by atoms with Crippen molar-refractivity contribution in [1.82, 2.24) is 0 Å². The van der Waals surface area contributed by atoms with Crippen LogP contribution in [0.3, 0.4) is 0 Å². The van der Waals surface area contributed by atoms with Crippen LogP contribution in [0, 0.1) is 0 Å². The maximum absolute atomic E-state index is 10.3. The molecule has 0 heterocycles. The molecule has 0 aliphatic heterocycles. The topological polar surface area (TPSA) is 77.4 Å². The molecule has 6 heteroatoms. The van der Waals surface area contributed by atoms with E-state index in [1.165, 1.54) is 0 Å². The Morgan fingerprint density at radius 2 is 0.682 bits per heavy atom. The van der Waals surface area contributed by atoms with Gasteiger partial charge >= 0.3 is 0 Å².